The van der Waals surface area contributed by atoms with Gasteiger partial charge in [-0.05, 0) is 30.2 Å². The van der Waals surface area contributed by atoms with Gasteiger partial charge in [-0.25, -0.2) is 9.97 Å². The van der Waals surface area contributed by atoms with Crippen LogP contribution in [0, 0.1) is 0 Å². The standard InChI is InChI=1S/C29H31N3O/c1-2-3-4-5-12-20-32(22-23-14-8-6-9-15-23)29(33)26-21-27(24-16-10-7-11-17-24)31-28-25(26)18-13-19-30-28/h6-11,13-19,21H,2-5,12,20,22H2,1H3. The lowest BCUT2D eigenvalue weighted by Gasteiger charge is -2.24. The first-order valence-corrected chi connectivity index (χ1v) is 11.9. The van der Waals surface area contributed by atoms with Crippen molar-refractivity contribution >= 4 is 16.9 Å². The van der Waals surface area contributed by atoms with Crippen molar-refractivity contribution in [2.24, 2.45) is 0 Å². The third-order valence-corrected chi connectivity index (χ3v) is 5.92. The second kappa shape index (κ2) is 11.4. The average molecular weight is 438 g/mol. The molecule has 168 valence electrons. The lowest BCUT2D eigenvalue weighted by Crippen LogP contribution is -2.32. The van der Waals surface area contributed by atoms with E-state index in [1.165, 1.54) is 19.3 Å². The number of carbonyl (C=O) groups is 1. The van der Waals surface area contributed by atoms with E-state index in [2.05, 4.69) is 24.0 Å². The minimum Gasteiger partial charge on any atom is -0.334 e. The van der Waals surface area contributed by atoms with E-state index in [1.54, 1.807) is 6.20 Å². The van der Waals surface area contributed by atoms with Crippen LogP contribution in [-0.4, -0.2) is 27.3 Å². The maximum Gasteiger partial charge on any atom is 0.254 e. The van der Waals surface area contributed by atoms with Crippen molar-refractivity contribution in [3.63, 3.8) is 0 Å². The van der Waals surface area contributed by atoms with Gasteiger partial charge in [0.15, 0.2) is 5.65 Å². The summed E-state index contributed by atoms with van der Waals surface area (Å²) in [5.41, 5.74) is 4.15. The molecule has 0 aliphatic heterocycles. The molecule has 33 heavy (non-hydrogen) atoms. The number of pyridine rings is 2. The lowest BCUT2D eigenvalue weighted by atomic mass is 10.0. The van der Waals surface area contributed by atoms with Gasteiger partial charge in [-0.15, -0.1) is 0 Å². The molecule has 0 bridgehead atoms. The van der Waals surface area contributed by atoms with Gasteiger partial charge in [0.05, 0.1) is 11.3 Å². The average Bonchev–Trinajstić information content (AvgIpc) is 2.88. The van der Waals surface area contributed by atoms with Crippen LogP contribution in [0.2, 0.25) is 0 Å². The molecule has 2 aromatic heterocycles. The zero-order valence-electron chi connectivity index (χ0n) is 19.3. The van der Waals surface area contributed by atoms with Crippen LogP contribution in [-0.2, 0) is 6.54 Å². The van der Waals surface area contributed by atoms with Crippen LogP contribution in [0.3, 0.4) is 0 Å². The predicted octanol–water partition coefficient (Wildman–Crippen LogP) is 6.91. The Hall–Kier alpha value is -3.53. The third kappa shape index (κ3) is 5.83. The molecule has 0 saturated carbocycles. The monoisotopic (exact) mass is 437 g/mol. The van der Waals surface area contributed by atoms with E-state index in [1.807, 2.05) is 71.6 Å². The number of aromatic nitrogens is 2. The summed E-state index contributed by atoms with van der Waals surface area (Å²) in [6.07, 6.45) is 7.54. The zero-order valence-corrected chi connectivity index (χ0v) is 19.3. The molecule has 4 rings (SSSR count). The summed E-state index contributed by atoms with van der Waals surface area (Å²) in [6.45, 7) is 3.55. The molecular formula is C29H31N3O. The molecule has 0 N–H and O–H groups in total. The minimum absolute atomic E-state index is 0.0342. The number of hydrogen-bond donors (Lipinski definition) is 0. The second-order valence-electron chi connectivity index (χ2n) is 8.42. The van der Waals surface area contributed by atoms with Gasteiger partial charge in [-0.2, -0.15) is 0 Å². The van der Waals surface area contributed by atoms with Crippen LogP contribution in [0.1, 0.15) is 54.9 Å². The Labute approximate surface area is 196 Å². The molecule has 4 heteroatoms. The van der Waals surface area contributed by atoms with Crippen molar-refractivity contribution in [2.75, 3.05) is 6.54 Å². The van der Waals surface area contributed by atoms with E-state index < -0.39 is 0 Å². The molecule has 2 heterocycles. The molecule has 0 saturated heterocycles. The summed E-state index contributed by atoms with van der Waals surface area (Å²) in [5.74, 6) is 0.0342. The van der Waals surface area contributed by atoms with Gasteiger partial charge in [0.25, 0.3) is 5.91 Å². The van der Waals surface area contributed by atoms with E-state index in [-0.39, 0.29) is 5.91 Å². The molecule has 0 spiro atoms. The van der Waals surface area contributed by atoms with Crippen molar-refractivity contribution in [1.29, 1.82) is 0 Å². The normalized spacial score (nSPS) is 10.9. The van der Waals surface area contributed by atoms with Gasteiger partial charge in [0.2, 0.25) is 0 Å². The van der Waals surface area contributed by atoms with Crippen LogP contribution in [0.4, 0.5) is 0 Å². The molecule has 1 amide bonds. The Balaban J connectivity index is 1.68. The van der Waals surface area contributed by atoms with Crippen LogP contribution in [0.25, 0.3) is 22.3 Å². The van der Waals surface area contributed by atoms with Crippen LogP contribution in [0.15, 0.2) is 85.1 Å². The number of nitrogens with zero attached hydrogens (tertiary/aromatic N) is 3. The smallest absolute Gasteiger partial charge is 0.254 e. The Kier molecular flexibility index (Phi) is 7.81. The van der Waals surface area contributed by atoms with Crippen molar-refractivity contribution in [3.8, 4) is 11.3 Å². The van der Waals surface area contributed by atoms with Gasteiger partial charge in [-0.1, -0.05) is 93.3 Å². The molecule has 4 nitrogen and oxygen atoms in total. The third-order valence-electron chi connectivity index (χ3n) is 5.92. The maximum atomic E-state index is 13.9. The van der Waals surface area contributed by atoms with Crippen LogP contribution >= 0.6 is 0 Å². The number of amides is 1. The van der Waals surface area contributed by atoms with Gasteiger partial charge < -0.3 is 4.90 Å². The highest BCUT2D eigenvalue weighted by molar-refractivity contribution is 6.06. The van der Waals surface area contributed by atoms with Gasteiger partial charge in [-0.3, -0.25) is 4.79 Å². The molecule has 2 aromatic carbocycles. The lowest BCUT2D eigenvalue weighted by molar-refractivity contribution is 0.0741. The largest absolute Gasteiger partial charge is 0.334 e. The quantitative estimate of drug-likeness (QED) is 0.253. The summed E-state index contributed by atoms with van der Waals surface area (Å²) < 4.78 is 0. The summed E-state index contributed by atoms with van der Waals surface area (Å²) in [6, 6.07) is 25.9. The van der Waals surface area contributed by atoms with Gasteiger partial charge in [0.1, 0.15) is 0 Å². The van der Waals surface area contributed by atoms with Crippen LogP contribution < -0.4 is 0 Å². The fourth-order valence-electron chi connectivity index (χ4n) is 4.12. The van der Waals surface area contributed by atoms with Gasteiger partial charge >= 0.3 is 0 Å². The number of rotatable bonds is 10. The topological polar surface area (TPSA) is 46.1 Å². The van der Waals surface area contributed by atoms with E-state index >= 15 is 0 Å². The highest BCUT2D eigenvalue weighted by atomic mass is 16.2. The van der Waals surface area contributed by atoms with Crippen molar-refractivity contribution in [2.45, 2.75) is 45.6 Å². The number of fused-ring (bicyclic) bond motifs is 1. The summed E-state index contributed by atoms with van der Waals surface area (Å²) in [7, 11) is 0. The summed E-state index contributed by atoms with van der Waals surface area (Å²) >= 11 is 0. The fraction of sp³-hybridized carbons (Fsp3) is 0.276. The summed E-state index contributed by atoms with van der Waals surface area (Å²) in [5, 5.41) is 0.797. The van der Waals surface area contributed by atoms with E-state index in [0.717, 1.165) is 41.6 Å². The van der Waals surface area contributed by atoms with E-state index in [9.17, 15) is 4.79 Å². The maximum absolute atomic E-state index is 13.9. The SMILES string of the molecule is CCCCCCCN(Cc1ccccc1)C(=O)c1cc(-c2ccccc2)nc2ncccc12. The molecular weight excluding hydrogens is 406 g/mol. The Morgan fingerprint density at radius 1 is 0.848 bits per heavy atom. The van der Waals surface area contributed by atoms with Crippen molar-refractivity contribution in [3.05, 3.63) is 96.2 Å². The molecule has 0 atom stereocenters. The molecule has 0 aliphatic rings. The number of carbonyl (C=O) groups excluding carboxylic acids is 1. The number of benzene rings is 2. The van der Waals surface area contributed by atoms with Crippen molar-refractivity contribution in [1.82, 2.24) is 14.9 Å². The molecule has 4 aromatic rings. The number of unbranched alkanes of at least 4 members (excludes halogenated alkanes) is 4. The highest BCUT2D eigenvalue weighted by Crippen LogP contribution is 2.25. The highest BCUT2D eigenvalue weighted by Gasteiger charge is 2.20. The van der Waals surface area contributed by atoms with E-state index in [0.29, 0.717) is 17.8 Å². The van der Waals surface area contributed by atoms with E-state index in [4.69, 9.17) is 4.98 Å². The van der Waals surface area contributed by atoms with Crippen molar-refractivity contribution < 1.29 is 4.79 Å². The predicted molar refractivity (Wildman–Crippen MR) is 135 cm³/mol. The van der Waals surface area contributed by atoms with Gasteiger partial charge in [0, 0.05) is 30.2 Å². The zero-order chi connectivity index (χ0) is 22.9. The number of hydrogen-bond acceptors (Lipinski definition) is 3. The van der Waals surface area contributed by atoms with Crippen LogP contribution in [0.5, 0.6) is 0 Å². The second-order valence-corrected chi connectivity index (χ2v) is 8.42. The first kappa shape index (κ1) is 22.7. The molecule has 0 radical (unpaired) electrons. The Bertz CT molecular complexity index is 1180. The Morgan fingerprint density at radius 2 is 1.58 bits per heavy atom. The summed E-state index contributed by atoms with van der Waals surface area (Å²) in [4.78, 5) is 25.1. The molecule has 0 aliphatic carbocycles. The molecule has 0 unspecified atom stereocenters. The first-order chi connectivity index (χ1) is 16.3. The Morgan fingerprint density at radius 3 is 2.33 bits per heavy atom. The first-order valence-electron chi connectivity index (χ1n) is 11.9. The fourth-order valence-corrected chi connectivity index (χ4v) is 4.12. The minimum atomic E-state index is 0.0342. The molecule has 0 fully saturated rings.